The molecule has 0 saturated heterocycles. The normalized spacial score (nSPS) is 11.3. The summed E-state index contributed by atoms with van der Waals surface area (Å²) in [5.74, 6) is 0.414. The number of aromatic nitrogens is 2. The number of aryl methyl sites for hydroxylation is 1. The van der Waals surface area contributed by atoms with Gasteiger partial charge in [-0.2, -0.15) is 0 Å². The Morgan fingerprint density at radius 3 is 2.40 bits per heavy atom. The van der Waals surface area contributed by atoms with Crippen molar-refractivity contribution >= 4 is 0 Å². The molecule has 86 valence electrons. The number of nitrogens with one attached hydrogen (secondary N) is 1. The standard InChI is InChI=1S/C12H22N2O/c1-5-7-10-11(9(3)4)14(8-6-2)13-12(10)15/h9H,5-8H2,1-4H3,(H,13,15). The maximum atomic E-state index is 11.8. The van der Waals surface area contributed by atoms with Crippen LogP contribution in [0.4, 0.5) is 0 Å². The molecule has 0 aliphatic carbocycles. The molecular formula is C12H22N2O. The Morgan fingerprint density at radius 1 is 1.27 bits per heavy atom. The van der Waals surface area contributed by atoms with E-state index in [1.54, 1.807) is 0 Å². The molecule has 3 nitrogen and oxygen atoms in total. The van der Waals surface area contributed by atoms with Gasteiger partial charge in [0.2, 0.25) is 0 Å². The topological polar surface area (TPSA) is 37.8 Å². The van der Waals surface area contributed by atoms with Gasteiger partial charge in [-0.05, 0) is 18.8 Å². The van der Waals surface area contributed by atoms with Crippen molar-refractivity contribution in [3.63, 3.8) is 0 Å². The fourth-order valence-corrected chi connectivity index (χ4v) is 2.08. The quantitative estimate of drug-likeness (QED) is 0.797. The summed E-state index contributed by atoms with van der Waals surface area (Å²) in [5.41, 5.74) is 2.29. The lowest BCUT2D eigenvalue weighted by molar-refractivity contribution is 0.552. The van der Waals surface area contributed by atoms with E-state index < -0.39 is 0 Å². The zero-order valence-electron chi connectivity index (χ0n) is 10.3. The van der Waals surface area contributed by atoms with Crippen LogP contribution in [0.3, 0.4) is 0 Å². The predicted octanol–water partition coefficient (Wildman–Crippen LogP) is 2.66. The smallest absolute Gasteiger partial charge is 0.267 e. The van der Waals surface area contributed by atoms with Crippen molar-refractivity contribution < 1.29 is 0 Å². The first kappa shape index (κ1) is 12.1. The molecule has 0 aliphatic heterocycles. The number of nitrogens with zero attached hydrogens (tertiary/aromatic N) is 1. The molecule has 1 rings (SSSR count). The van der Waals surface area contributed by atoms with Gasteiger partial charge in [0.05, 0.1) is 0 Å². The number of aromatic amines is 1. The van der Waals surface area contributed by atoms with E-state index >= 15 is 0 Å². The SMILES string of the molecule is CCCc1c(C(C)C)n(CCC)[nH]c1=O. The Bertz CT molecular complexity index is 360. The van der Waals surface area contributed by atoms with Crippen LogP contribution in [0.2, 0.25) is 0 Å². The summed E-state index contributed by atoms with van der Waals surface area (Å²) in [7, 11) is 0. The van der Waals surface area contributed by atoms with E-state index in [1.165, 1.54) is 5.69 Å². The van der Waals surface area contributed by atoms with Crippen molar-refractivity contribution in [1.82, 2.24) is 9.78 Å². The van der Waals surface area contributed by atoms with Gasteiger partial charge in [-0.25, -0.2) is 0 Å². The molecule has 0 atom stereocenters. The zero-order valence-corrected chi connectivity index (χ0v) is 10.3. The first-order valence-corrected chi connectivity index (χ1v) is 5.93. The van der Waals surface area contributed by atoms with Crippen molar-refractivity contribution in [2.45, 2.75) is 59.4 Å². The molecule has 0 amide bonds. The van der Waals surface area contributed by atoms with E-state index in [0.717, 1.165) is 31.4 Å². The molecule has 3 heteroatoms. The molecule has 15 heavy (non-hydrogen) atoms. The first-order chi connectivity index (χ1) is 7.11. The maximum Gasteiger partial charge on any atom is 0.267 e. The van der Waals surface area contributed by atoms with E-state index in [9.17, 15) is 4.79 Å². The number of hydrogen-bond donors (Lipinski definition) is 1. The Labute approximate surface area is 91.5 Å². The number of H-pyrrole nitrogens is 1. The Balaban J connectivity index is 3.18. The van der Waals surface area contributed by atoms with Gasteiger partial charge in [-0.15, -0.1) is 0 Å². The van der Waals surface area contributed by atoms with Gasteiger partial charge in [0.1, 0.15) is 0 Å². The van der Waals surface area contributed by atoms with E-state index in [2.05, 4.69) is 32.8 Å². The van der Waals surface area contributed by atoms with E-state index in [0.29, 0.717) is 5.92 Å². The lowest BCUT2D eigenvalue weighted by atomic mass is 10.0. The minimum absolute atomic E-state index is 0.106. The molecule has 0 aliphatic rings. The summed E-state index contributed by atoms with van der Waals surface area (Å²) in [4.78, 5) is 11.8. The van der Waals surface area contributed by atoms with Crippen LogP contribution in [-0.4, -0.2) is 9.78 Å². The second kappa shape index (κ2) is 5.19. The van der Waals surface area contributed by atoms with Crippen molar-refractivity contribution in [2.75, 3.05) is 0 Å². The van der Waals surface area contributed by atoms with Crippen LogP contribution in [-0.2, 0) is 13.0 Å². The molecule has 0 saturated carbocycles. The van der Waals surface area contributed by atoms with E-state index in [4.69, 9.17) is 0 Å². The van der Waals surface area contributed by atoms with Crippen molar-refractivity contribution in [1.29, 1.82) is 0 Å². The van der Waals surface area contributed by atoms with Crippen LogP contribution in [0, 0.1) is 0 Å². The third-order valence-electron chi connectivity index (χ3n) is 2.60. The summed E-state index contributed by atoms with van der Waals surface area (Å²) < 4.78 is 2.03. The lowest BCUT2D eigenvalue weighted by Gasteiger charge is -2.11. The van der Waals surface area contributed by atoms with Gasteiger partial charge in [0.25, 0.3) is 5.56 Å². The molecule has 0 spiro atoms. The number of hydrogen-bond acceptors (Lipinski definition) is 1. The van der Waals surface area contributed by atoms with Crippen molar-refractivity contribution in [2.24, 2.45) is 0 Å². The van der Waals surface area contributed by atoms with Crippen LogP contribution in [0.5, 0.6) is 0 Å². The van der Waals surface area contributed by atoms with Gasteiger partial charge < -0.3 is 0 Å². The second-order valence-electron chi connectivity index (χ2n) is 4.36. The summed E-state index contributed by atoms with van der Waals surface area (Å²) >= 11 is 0. The molecule has 1 N–H and O–H groups in total. The minimum Gasteiger partial charge on any atom is -0.289 e. The summed E-state index contributed by atoms with van der Waals surface area (Å²) in [6, 6.07) is 0. The van der Waals surface area contributed by atoms with Gasteiger partial charge >= 0.3 is 0 Å². The van der Waals surface area contributed by atoms with Crippen LogP contribution in [0.1, 0.15) is 57.7 Å². The predicted molar refractivity (Wildman–Crippen MR) is 63.4 cm³/mol. The minimum atomic E-state index is 0.106. The average Bonchev–Trinajstić information content (AvgIpc) is 2.44. The Hall–Kier alpha value is -0.990. The van der Waals surface area contributed by atoms with Gasteiger partial charge in [-0.1, -0.05) is 34.1 Å². The molecule has 0 fully saturated rings. The second-order valence-corrected chi connectivity index (χ2v) is 4.36. The largest absolute Gasteiger partial charge is 0.289 e. The average molecular weight is 210 g/mol. The highest BCUT2D eigenvalue weighted by Crippen LogP contribution is 2.18. The monoisotopic (exact) mass is 210 g/mol. The molecule has 1 heterocycles. The fourth-order valence-electron chi connectivity index (χ4n) is 2.08. The highest BCUT2D eigenvalue weighted by atomic mass is 16.1. The first-order valence-electron chi connectivity index (χ1n) is 5.93. The van der Waals surface area contributed by atoms with Crippen LogP contribution >= 0.6 is 0 Å². The van der Waals surface area contributed by atoms with Gasteiger partial charge in [0.15, 0.2) is 0 Å². The van der Waals surface area contributed by atoms with E-state index in [1.807, 2.05) is 4.68 Å². The molecule has 1 aromatic rings. The molecule has 0 bridgehead atoms. The van der Waals surface area contributed by atoms with Crippen molar-refractivity contribution in [3.8, 4) is 0 Å². The van der Waals surface area contributed by atoms with Crippen LogP contribution in [0.15, 0.2) is 4.79 Å². The highest BCUT2D eigenvalue weighted by Gasteiger charge is 2.15. The lowest BCUT2D eigenvalue weighted by Crippen LogP contribution is -2.08. The summed E-state index contributed by atoms with van der Waals surface area (Å²) in [6.07, 6.45) is 2.97. The molecule has 0 unspecified atom stereocenters. The van der Waals surface area contributed by atoms with Crippen LogP contribution in [0.25, 0.3) is 0 Å². The Morgan fingerprint density at radius 2 is 1.93 bits per heavy atom. The van der Waals surface area contributed by atoms with Gasteiger partial charge in [-0.3, -0.25) is 14.6 Å². The summed E-state index contributed by atoms with van der Waals surface area (Å²) in [6.45, 7) is 9.44. The third-order valence-corrected chi connectivity index (χ3v) is 2.60. The summed E-state index contributed by atoms with van der Waals surface area (Å²) in [5, 5.41) is 2.94. The molecule has 1 aromatic heterocycles. The Kier molecular flexibility index (Phi) is 4.18. The van der Waals surface area contributed by atoms with Crippen molar-refractivity contribution in [3.05, 3.63) is 21.6 Å². The van der Waals surface area contributed by atoms with Gasteiger partial charge in [0, 0.05) is 17.8 Å². The molecule has 0 radical (unpaired) electrons. The maximum absolute atomic E-state index is 11.8. The third kappa shape index (κ3) is 2.52. The molecular weight excluding hydrogens is 188 g/mol. The van der Waals surface area contributed by atoms with Crippen LogP contribution < -0.4 is 5.56 Å². The number of rotatable bonds is 5. The fraction of sp³-hybridized carbons (Fsp3) is 0.750. The highest BCUT2D eigenvalue weighted by molar-refractivity contribution is 5.21. The molecule has 0 aromatic carbocycles. The van der Waals surface area contributed by atoms with E-state index in [-0.39, 0.29) is 5.56 Å². The zero-order chi connectivity index (χ0) is 11.4.